The molecule has 2 aromatic rings. The molecule has 0 saturated carbocycles. The van der Waals surface area contributed by atoms with E-state index in [2.05, 4.69) is 66.3 Å². The molecule has 1 heterocycles. The van der Waals surface area contributed by atoms with Crippen molar-refractivity contribution in [3.8, 4) is 11.3 Å². The van der Waals surface area contributed by atoms with Crippen molar-refractivity contribution in [2.24, 2.45) is 0 Å². The Hall–Kier alpha value is -1.06. The van der Waals surface area contributed by atoms with Crippen molar-refractivity contribution in [3.63, 3.8) is 0 Å². The predicted octanol–water partition coefficient (Wildman–Crippen LogP) is 5.08. The third kappa shape index (κ3) is 3.28. The molecule has 2 nitrogen and oxygen atoms in total. The molecule has 1 atom stereocenters. The average molecular weight is 322 g/mol. The van der Waals surface area contributed by atoms with E-state index in [1.807, 2.05) is 6.07 Å². The van der Waals surface area contributed by atoms with Gasteiger partial charge >= 0.3 is 0 Å². The van der Waals surface area contributed by atoms with Crippen LogP contribution in [0.2, 0.25) is 0 Å². The number of halogens is 1. The lowest BCUT2D eigenvalue weighted by Gasteiger charge is -2.12. The van der Waals surface area contributed by atoms with Crippen LogP contribution < -0.4 is 5.32 Å². The highest BCUT2D eigenvalue weighted by Crippen LogP contribution is 2.32. The van der Waals surface area contributed by atoms with Crippen LogP contribution in [0, 0.1) is 6.92 Å². The van der Waals surface area contributed by atoms with Crippen LogP contribution in [-0.4, -0.2) is 6.54 Å². The topological polar surface area (TPSA) is 25.2 Å². The van der Waals surface area contributed by atoms with Crippen molar-refractivity contribution in [2.45, 2.75) is 33.2 Å². The molecular formula is C16H20BrNO. The lowest BCUT2D eigenvalue weighted by molar-refractivity contribution is 0.417. The van der Waals surface area contributed by atoms with Gasteiger partial charge in [0.15, 0.2) is 0 Å². The molecule has 1 aromatic carbocycles. The molecule has 2 rings (SSSR count). The summed E-state index contributed by atoms with van der Waals surface area (Å²) in [5.41, 5.74) is 2.34. The molecule has 0 radical (unpaired) electrons. The molecule has 3 heteroatoms. The summed E-state index contributed by atoms with van der Waals surface area (Å²) in [7, 11) is 0. The Morgan fingerprint density at radius 3 is 2.63 bits per heavy atom. The van der Waals surface area contributed by atoms with E-state index in [0.29, 0.717) is 6.04 Å². The molecule has 19 heavy (non-hydrogen) atoms. The molecular weight excluding hydrogens is 302 g/mol. The number of nitrogens with one attached hydrogen (secondary N) is 1. The third-order valence-corrected chi connectivity index (χ3v) is 3.88. The number of rotatable bonds is 5. The Bertz CT molecular complexity index is 547. The number of hydrogen-bond acceptors (Lipinski definition) is 2. The maximum absolute atomic E-state index is 6.00. The molecule has 0 bridgehead atoms. The van der Waals surface area contributed by atoms with E-state index in [9.17, 15) is 0 Å². The van der Waals surface area contributed by atoms with Gasteiger partial charge in [0, 0.05) is 10.0 Å². The third-order valence-electron chi connectivity index (χ3n) is 3.22. The Kier molecular flexibility index (Phi) is 4.83. The smallest absolute Gasteiger partial charge is 0.135 e. The fraction of sp³-hybridized carbons (Fsp3) is 0.375. The molecule has 102 valence electrons. The van der Waals surface area contributed by atoms with Crippen molar-refractivity contribution < 1.29 is 4.42 Å². The predicted molar refractivity (Wildman–Crippen MR) is 83.3 cm³/mol. The quantitative estimate of drug-likeness (QED) is 0.830. The van der Waals surface area contributed by atoms with Crippen LogP contribution in [0.3, 0.4) is 0 Å². The summed E-state index contributed by atoms with van der Waals surface area (Å²) in [5.74, 6) is 1.92. The highest BCUT2D eigenvalue weighted by Gasteiger charge is 2.14. The lowest BCUT2D eigenvalue weighted by Crippen LogP contribution is -2.19. The summed E-state index contributed by atoms with van der Waals surface area (Å²) in [5, 5.41) is 3.43. The van der Waals surface area contributed by atoms with Gasteiger partial charge in [-0.3, -0.25) is 0 Å². The zero-order valence-corrected chi connectivity index (χ0v) is 13.3. The maximum Gasteiger partial charge on any atom is 0.135 e. The second-order valence-corrected chi connectivity index (χ2v) is 5.56. The van der Waals surface area contributed by atoms with Crippen molar-refractivity contribution in [2.75, 3.05) is 6.54 Å². The number of aryl methyl sites for hydroxylation is 1. The lowest BCUT2D eigenvalue weighted by atomic mass is 10.1. The second kappa shape index (κ2) is 6.40. The van der Waals surface area contributed by atoms with E-state index in [1.165, 1.54) is 5.56 Å². The molecule has 0 spiro atoms. The number of furan rings is 1. The van der Waals surface area contributed by atoms with Crippen LogP contribution in [0.15, 0.2) is 39.2 Å². The van der Waals surface area contributed by atoms with Gasteiger partial charge in [0.1, 0.15) is 11.5 Å². The highest BCUT2D eigenvalue weighted by molar-refractivity contribution is 9.10. The minimum absolute atomic E-state index is 0.294. The van der Waals surface area contributed by atoms with E-state index in [4.69, 9.17) is 4.42 Å². The summed E-state index contributed by atoms with van der Waals surface area (Å²) in [6.07, 6.45) is 1.02. The summed E-state index contributed by atoms with van der Waals surface area (Å²) in [6.45, 7) is 7.31. The Balaban J connectivity index is 2.29. The van der Waals surface area contributed by atoms with Gasteiger partial charge in [-0.25, -0.2) is 0 Å². The van der Waals surface area contributed by atoms with Crippen molar-refractivity contribution in [1.29, 1.82) is 0 Å². The summed E-state index contributed by atoms with van der Waals surface area (Å²) < 4.78 is 7.08. The van der Waals surface area contributed by atoms with Crippen molar-refractivity contribution >= 4 is 15.9 Å². The number of benzene rings is 1. The Morgan fingerprint density at radius 1 is 1.21 bits per heavy atom. The van der Waals surface area contributed by atoms with Crippen molar-refractivity contribution in [3.05, 3.63) is 46.1 Å². The molecule has 0 aliphatic carbocycles. The maximum atomic E-state index is 6.00. The molecule has 1 unspecified atom stereocenters. The fourth-order valence-electron chi connectivity index (χ4n) is 2.20. The first-order valence-electron chi connectivity index (χ1n) is 6.75. The molecule has 1 N–H and O–H groups in total. The van der Waals surface area contributed by atoms with Gasteiger partial charge in [-0.05, 0) is 49.7 Å². The van der Waals surface area contributed by atoms with Gasteiger partial charge in [0.05, 0.1) is 6.04 Å². The van der Waals surface area contributed by atoms with Crippen LogP contribution in [0.25, 0.3) is 11.3 Å². The van der Waals surface area contributed by atoms with Crippen molar-refractivity contribution in [1.82, 2.24) is 5.32 Å². The molecule has 0 amide bonds. The van der Waals surface area contributed by atoms with Crippen LogP contribution in [0.4, 0.5) is 0 Å². The molecule has 0 aliphatic heterocycles. The SMILES string of the molecule is CCNC(CC)c1ccc(-c2ccc(C)cc2Br)o1. The van der Waals surface area contributed by atoms with Crippen LogP contribution in [0.5, 0.6) is 0 Å². The first-order valence-corrected chi connectivity index (χ1v) is 7.54. The normalized spacial score (nSPS) is 12.6. The van der Waals surface area contributed by atoms with Gasteiger partial charge in [-0.15, -0.1) is 0 Å². The fourth-order valence-corrected chi connectivity index (χ4v) is 2.89. The zero-order valence-electron chi connectivity index (χ0n) is 11.7. The van der Waals surface area contributed by atoms with Gasteiger partial charge in [0.2, 0.25) is 0 Å². The summed E-state index contributed by atoms with van der Waals surface area (Å²) in [6, 6.07) is 10.7. The monoisotopic (exact) mass is 321 g/mol. The van der Waals surface area contributed by atoms with E-state index in [-0.39, 0.29) is 0 Å². The van der Waals surface area contributed by atoms with E-state index in [1.54, 1.807) is 0 Å². The molecule has 0 saturated heterocycles. The van der Waals surface area contributed by atoms with Crippen LogP contribution >= 0.6 is 15.9 Å². The highest BCUT2D eigenvalue weighted by atomic mass is 79.9. The first-order chi connectivity index (χ1) is 9.15. The van der Waals surface area contributed by atoms with E-state index >= 15 is 0 Å². The molecule has 1 aromatic heterocycles. The average Bonchev–Trinajstić information content (AvgIpc) is 2.85. The number of hydrogen-bond donors (Lipinski definition) is 1. The molecule has 0 fully saturated rings. The Morgan fingerprint density at radius 2 is 2.00 bits per heavy atom. The van der Waals surface area contributed by atoms with Gasteiger partial charge in [0.25, 0.3) is 0 Å². The first kappa shape index (κ1) is 14.4. The van der Waals surface area contributed by atoms with Gasteiger partial charge < -0.3 is 9.73 Å². The second-order valence-electron chi connectivity index (χ2n) is 4.70. The Labute approximate surface area is 123 Å². The summed E-state index contributed by atoms with van der Waals surface area (Å²) >= 11 is 3.60. The van der Waals surface area contributed by atoms with Gasteiger partial charge in [-0.2, -0.15) is 0 Å². The zero-order chi connectivity index (χ0) is 13.8. The van der Waals surface area contributed by atoms with Gasteiger partial charge in [-0.1, -0.05) is 35.8 Å². The minimum Gasteiger partial charge on any atom is -0.459 e. The molecule has 0 aliphatic rings. The van der Waals surface area contributed by atoms with E-state index in [0.717, 1.165) is 34.5 Å². The standard InChI is InChI=1S/C16H20BrNO/c1-4-14(18-5-2)16-9-8-15(19-16)12-7-6-11(3)10-13(12)17/h6-10,14,18H,4-5H2,1-3H3. The van der Waals surface area contributed by atoms with E-state index < -0.39 is 0 Å². The van der Waals surface area contributed by atoms with Crippen LogP contribution in [-0.2, 0) is 0 Å². The summed E-state index contributed by atoms with van der Waals surface area (Å²) in [4.78, 5) is 0. The van der Waals surface area contributed by atoms with Crippen LogP contribution in [0.1, 0.15) is 37.6 Å². The largest absolute Gasteiger partial charge is 0.459 e. The minimum atomic E-state index is 0.294.